The average molecular weight is 646 g/mol. The number of aliphatic carboxylic acids is 1. The molecule has 14 heteroatoms. The lowest BCUT2D eigenvalue weighted by Crippen LogP contribution is -2.58. The fourth-order valence-corrected chi connectivity index (χ4v) is 5.45. The molecule has 4 atom stereocenters. The highest BCUT2D eigenvalue weighted by Gasteiger charge is 2.32. The van der Waals surface area contributed by atoms with E-state index in [1.165, 1.54) is 0 Å². The smallest absolute Gasteiger partial charge is 0.326 e. The van der Waals surface area contributed by atoms with Gasteiger partial charge in [-0.2, -0.15) is 0 Å². The van der Waals surface area contributed by atoms with Crippen LogP contribution in [0.15, 0.2) is 65.9 Å². The van der Waals surface area contributed by atoms with Crippen LogP contribution in [0.5, 0.6) is 0 Å². The minimum Gasteiger partial charge on any atom is -0.480 e. The Bertz CT molecular complexity index is 1740. The summed E-state index contributed by atoms with van der Waals surface area (Å²) in [6, 6.07) is 10.7. The number of aromatic nitrogens is 2. The molecule has 14 nitrogen and oxygen atoms in total. The molecule has 4 aromatic rings. The molecule has 47 heavy (non-hydrogen) atoms. The number of guanidine groups is 1. The van der Waals surface area contributed by atoms with E-state index in [1.807, 2.05) is 48.5 Å². The summed E-state index contributed by atoms with van der Waals surface area (Å²) in [5, 5.41) is 19.8. The van der Waals surface area contributed by atoms with Crippen molar-refractivity contribution in [3.63, 3.8) is 0 Å². The van der Waals surface area contributed by atoms with Crippen molar-refractivity contribution in [1.29, 1.82) is 0 Å². The highest BCUT2D eigenvalue weighted by molar-refractivity contribution is 5.95. The van der Waals surface area contributed by atoms with Gasteiger partial charge in [-0.05, 0) is 48.4 Å². The maximum absolute atomic E-state index is 13.6. The first-order chi connectivity index (χ1) is 22.4. The van der Waals surface area contributed by atoms with Crippen LogP contribution in [-0.2, 0) is 32.0 Å². The fourth-order valence-electron chi connectivity index (χ4n) is 5.45. The Balaban J connectivity index is 1.45. The van der Waals surface area contributed by atoms with E-state index in [0.717, 1.165) is 27.4 Å². The summed E-state index contributed by atoms with van der Waals surface area (Å²) in [4.78, 5) is 62.7. The van der Waals surface area contributed by atoms with Crippen molar-refractivity contribution in [2.75, 3.05) is 6.54 Å². The summed E-state index contributed by atoms with van der Waals surface area (Å²) >= 11 is 0. The van der Waals surface area contributed by atoms with Crippen molar-refractivity contribution in [3.8, 4) is 0 Å². The molecule has 0 saturated heterocycles. The lowest BCUT2D eigenvalue weighted by Gasteiger charge is -2.27. The lowest BCUT2D eigenvalue weighted by atomic mass is 10.00. The Morgan fingerprint density at radius 3 is 1.89 bits per heavy atom. The highest BCUT2D eigenvalue weighted by Crippen LogP contribution is 2.20. The van der Waals surface area contributed by atoms with Crippen LogP contribution in [0, 0.1) is 5.92 Å². The van der Waals surface area contributed by atoms with Gasteiger partial charge in [0.05, 0.1) is 6.04 Å². The molecule has 2 aromatic heterocycles. The second kappa shape index (κ2) is 15.8. The second-order valence-electron chi connectivity index (χ2n) is 11.9. The van der Waals surface area contributed by atoms with E-state index in [1.54, 1.807) is 26.2 Å². The molecule has 250 valence electrons. The van der Waals surface area contributed by atoms with E-state index in [9.17, 15) is 24.3 Å². The number of carbonyl (C=O) groups excluding carboxylic acids is 3. The summed E-state index contributed by atoms with van der Waals surface area (Å²) in [6.45, 7) is 3.70. The van der Waals surface area contributed by atoms with E-state index in [2.05, 4.69) is 30.9 Å². The molecule has 0 aliphatic rings. The number of nitrogens with two attached hydrogens (primary N) is 3. The average Bonchev–Trinajstić information content (AvgIpc) is 3.64. The summed E-state index contributed by atoms with van der Waals surface area (Å²) in [7, 11) is 0. The van der Waals surface area contributed by atoms with Gasteiger partial charge in [0, 0.05) is 47.2 Å². The van der Waals surface area contributed by atoms with Gasteiger partial charge in [-0.15, -0.1) is 0 Å². The van der Waals surface area contributed by atoms with Gasteiger partial charge in [0.2, 0.25) is 17.7 Å². The summed E-state index contributed by atoms with van der Waals surface area (Å²) < 4.78 is 0. The van der Waals surface area contributed by atoms with Crippen LogP contribution >= 0.6 is 0 Å². The number of para-hydroxylation sites is 2. The summed E-state index contributed by atoms with van der Waals surface area (Å²) in [6.07, 6.45) is 4.18. The Labute approximate surface area is 271 Å². The molecule has 0 radical (unpaired) electrons. The zero-order valence-electron chi connectivity index (χ0n) is 26.5. The third-order valence-corrected chi connectivity index (χ3v) is 7.99. The maximum atomic E-state index is 13.6. The van der Waals surface area contributed by atoms with Crippen molar-refractivity contribution in [1.82, 2.24) is 25.9 Å². The Morgan fingerprint density at radius 1 is 0.787 bits per heavy atom. The van der Waals surface area contributed by atoms with Gasteiger partial charge in [-0.1, -0.05) is 50.2 Å². The van der Waals surface area contributed by atoms with Crippen molar-refractivity contribution < 1.29 is 24.3 Å². The number of rotatable bonds is 16. The normalized spacial score (nSPS) is 13.9. The van der Waals surface area contributed by atoms with Gasteiger partial charge in [0.25, 0.3) is 0 Å². The monoisotopic (exact) mass is 645 g/mol. The number of aromatic amines is 2. The number of H-pyrrole nitrogens is 2. The molecular formula is C33H43N9O5. The molecule has 12 N–H and O–H groups in total. The SMILES string of the molecule is CC(C)C(NC(=O)C(N)Cc1c[nH]c2ccccc12)C(=O)NC(CCCN=C(N)N)C(=O)NC(Cc1c[nH]c2ccccc12)C(=O)O. The Morgan fingerprint density at radius 2 is 1.34 bits per heavy atom. The first-order valence-electron chi connectivity index (χ1n) is 15.5. The first-order valence-corrected chi connectivity index (χ1v) is 15.5. The van der Waals surface area contributed by atoms with Crippen LogP contribution in [0.25, 0.3) is 21.8 Å². The molecule has 4 unspecified atom stereocenters. The zero-order valence-corrected chi connectivity index (χ0v) is 26.5. The number of carboxylic acid groups (broad SMARTS) is 1. The minimum absolute atomic E-state index is 0.0126. The largest absolute Gasteiger partial charge is 0.480 e. The van der Waals surface area contributed by atoms with Crippen molar-refractivity contribution in [2.45, 2.75) is 63.7 Å². The molecule has 2 heterocycles. The van der Waals surface area contributed by atoms with E-state index in [-0.39, 0.29) is 37.7 Å². The molecule has 0 aliphatic carbocycles. The summed E-state index contributed by atoms with van der Waals surface area (Å²) in [5.74, 6) is -3.55. The highest BCUT2D eigenvalue weighted by atomic mass is 16.4. The van der Waals surface area contributed by atoms with Crippen LogP contribution in [0.2, 0.25) is 0 Å². The van der Waals surface area contributed by atoms with Crippen LogP contribution in [0.1, 0.15) is 37.8 Å². The number of hydrogen-bond donors (Lipinski definition) is 9. The number of fused-ring (bicyclic) bond motifs is 2. The van der Waals surface area contributed by atoms with Gasteiger partial charge in [0.15, 0.2) is 5.96 Å². The molecular weight excluding hydrogens is 602 g/mol. The molecule has 2 aromatic carbocycles. The standard InChI is InChI=1S/C33H43N9O5/c1-18(2)28(42-29(43)23(34)14-19-16-38-24-10-5-3-8-21(19)24)31(45)40-26(12-7-13-37-33(35)36)30(44)41-27(32(46)47)15-20-17-39-25-11-6-4-9-22(20)25/h3-6,8-11,16-18,23,26-28,38-39H,7,12-15,34H2,1-2H3,(H,40,45)(H,41,44)(H,42,43)(H,46,47)(H4,35,36,37). The molecule has 0 bridgehead atoms. The molecule has 0 aliphatic heterocycles. The van der Waals surface area contributed by atoms with Crippen LogP contribution < -0.4 is 33.2 Å². The Hall–Kier alpha value is -5.37. The zero-order chi connectivity index (χ0) is 34.1. The molecule has 4 rings (SSSR count). The van der Waals surface area contributed by atoms with Gasteiger partial charge < -0.3 is 48.2 Å². The van der Waals surface area contributed by atoms with E-state index in [0.29, 0.717) is 12.0 Å². The van der Waals surface area contributed by atoms with Gasteiger partial charge in [0.1, 0.15) is 18.1 Å². The molecule has 0 saturated carbocycles. The third-order valence-electron chi connectivity index (χ3n) is 7.99. The number of carbonyl (C=O) groups is 4. The van der Waals surface area contributed by atoms with Crippen LogP contribution in [-0.4, -0.2) is 75.4 Å². The molecule has 3 amide bonds. The van der Waals surface area contributed by atoms with Gasteiger partial charge in [-0.25, -0.2) is 4.79 Å². The van der Waals surface area contributed by atoms with Crippen molar-refractivity contribution in [3.05, 3.63) is 72.1 Å². The second-order valence-corrected chi connectivity index (χ2v) is 11.9. The van der Waals surface area contributed by atoms with Crippen LogP contribution in [0.4, 0.5) is 0 Å². The predicted molar refractivity (Wildman–Crippen MR) is 180 cm³/mol. The topological polar surface area (TPSA) is 247 Å². The quantitative estimate of drug-likeness (QED) is 0.0482. The van der Waals surface area contributed by atoms with E-state index >= 15 is 0 Å². The number of nitrogens with zero attached hydrogens (tertiary/aromatic N) is 1. The van der Waals surface area contributed by atoms with Gasteiger partial charge >= 0.3 is 5.97 Å². The van der Waals surface area contributed by atoms with Crippen molar-refractivity contribution >= 4 is 51.5 Å². The number of hydrogen-bond acceptors (Lipinski definition) is 6. The third kappa shape index (κ3) is 9.10. The predicted octanol–water partition coefficient (Wildman–Crippen LogP) is 1.01. The fraction of sp³-hybridized carbons (Fsp3) is 0.364. The minimum atomic E-state index is -1.28. The summed E-state index contributed by atoms with van der Waals surface area (Å²) in [5.41, 5.74) is 20.5. The van der Waals surface area contributed by atoms with Gasteiger partial charge in [-0.3, -0.25) is 19.4 Å². The van der Waals surface area contributed by atoms with E-state index in [4.69, 9.17) is 17.2 Å². The van der Waals surface area contributed by atoms with Crippen molar-refractivity contribution in [2.24, 2.45) is 28.1 Å². The Kier molecular flexibility index (Phi) is 11.6. The number of amides is 3. The maximum Gasteiger partial charge on any atom is 0.326 e. The number of nitrogens with one attached hydrogen (secondary N) is 5. The molecule has 0 fully saturated rings. The lowest BCUT2D eigenvalue weighted by molar-refractivity contribution is -0.142. The number of carboxylic acids is 1. The van der Waals surface area contributed by atoms with E-state index < -0.39 is 47.9 Å². The molecule has 0 spiro atoms. The number of aliphatic imine (C=N–C) groups is 1. The first kappa shape index (κ1) is 34.5. The van der Waals surface area contributed by atoms with Crippen LogP contribution in [0.3, 0.4) is 0 Å². The number of benzene rings is 2.